The van der Waals surface area contributed by atoms with Gasteiger partial charge in [-0.05, 0) is 38.1 Å². The zero-order chi connectivity index (χ0) is 13.8. The van der Waals surface area contributed by atoms with Gasteiger partial charge in [0.2, 0.25) is 0 Å². The lowest BCUT2D eigenvalue weighted by Crippen LogP contribution is -2.57. The third-order valence-electron chi connectivity index (χ3n) is 4.01. The van der Waals surface area contributed by atoms with Crippen molar-refractivity contribution in [2.45, 2.75) is 25.4 Å². The summed E-state index contributed by atoms with van der Waals surface area (Å²) in [5.41, 5.74) is 7.07. The highest BCUT2D eigenvalue weighted by Crippen LogP contribution is 2.15. The van der Waals surface area contributed by atoms with E-state index in [1.54, 1.807) is 0 Å². The number of benzene rings is 1. The molecule has 2 N–H and O–H groups in total. The van der Waals surface area contributed by atoms with Crippen molar-refractivity contribution in [2.75, 3.05) is 33.2 Å². The van der Waals surface area contributed by atoms with E-state index >= 15 is 0 Å². The third-order valence-corrected chi connectivity index (χ3v) is 4.01. The van der Waals surface area contributed by atoms with E-state index in [0.717, 1.165) is 26.1 Å². The predicted molar refractivity (Wildman–Crippen MR) is 76.6 cm³/mol. The molecule has 4 heteroatoms. The van der Waals surface area contributed by atoms with E-state index in [4.69, 9.17) is 5.73 Å². The Morgan fingerprint density at radius 1 is 1.32 bits per heavy atom. The molecule has 1 saturated heterocycles. The molecule has 0 amide bonds. The smallest absolute Gasteiger partial charge is 0.123 e. The summed E-state index contributed by atoms with van der Waals surface area (Å²) >= 11 is 0. The van der Waals surface area contributed by atoms with Gasteiger partial charge in [0.1, 0.15) is 5.82 Å². The highest BCUT2D eigenvalue weighted by atomic mass is 19.1. The third kappa shape index (κ3) is 3.75. The maximum absolute atomic E-state index is 12.9. The monoisotopic (exact) mass is 265 g/mol. The van der Waals surface area contributed by atoms with Crippen molar-refractivity contribution in [1.82, 2.24) is 9.80 Å². The van der Waals surface area contributed by atoms with Gasteiger partial charge in [-0.15, -0.1) is 0 Å². The maximum Gasteiger partial charge on any atom is 0.123 e. The minimum absolute atomic E-state index is 0.171. The summed E-state index contributed by atoms with van der Waals surface area (Å²) in [6, 6.07) is 7.68. The fourth-order valence-corrected chi connectivity index (χ4v) is 2.89. The molecule has 0 radical (unpaired) electrons. The number of nitrogens with two attached hydrogens (primary N) is 1. The van der Waals surface area contributed by atoms with Crippen LogP contribution >= 0.6 is 0 Å². The molecular weight excluding hydrogens is 241 g/mol. The second kappa shape index (κ2) is 6.46. The lowest BCUT2D eigenvalue weighted by molar-refractivity contribution is 0.0625. The average Bonchev–Trinajstić information content (AvgIpc) is 2.41. The Bertz CT molecular complexity index is 393. The Labute approximate surface area is 115 Å². The van der Waals surface area contributed by atoms with Gasteiger partial charge in [-0.1, -0.05) is 12.1 Å². The molecular formula is C15H24FN3. The first-order chi connectivity index (χ1) is 9.10. The van der Waals surface area contributed by atoms with Crippen LogP contribution < -0.4 is 5.73 Å². The van der Waals surface area contributed by atoms with Gasteiger partial charge in [0, 0.05) is 38.3 Å². The first-order valence-corrected chi connectivity index (χ1v) is 6.99. The Kier molecular flexibility index (Phi) is 4.91. The van der Waals surface area contributed by atoms with Crippen molar-refractivity contribution in [3.63, 3.8) is 0 Å². The van der Waals surface area contributed by atoms with Crippen molar-refractivity contribution in [1.29, 1.82) is 0 Å². The second-order valence-corrected chi connectivity index (χ2v) is 5.57. The van der Waals surface area contributed by atoms with Crippen molar-refractivity contribution >= 4 is 0 Å². The van der Waals surface area contributed by atoms with E-state index < -0.39 is 0 Å². The molecule has 0 aromatic heterocycles. The molecule has 106 valence electrons. The zero-order valence-corrected chi connectivity index (χ0v) is 11.8. The van der Waals surface area contributed by atoms with E-state index in [9.17, 15) is 4.39 Å². The van der Waals surface area contributed by atoms with Crippen molar-refractivity contribution in [3.05, 3.63) is 35.6 Å². The largest absolute Gasteiger partial charge is 0.329 e. The molecule has 0 bridgehead atoms. The van der Waals surface area contributed by atoms with Crippen LogP contribution in [0.2, 0.25) is 0 Å². The van der Waals surface area contributed by atoms with E-state index in [2.05, 4.69) is 23.8 Å². The Hall–Kier alpha value is -0.970. The quantitative estimate of drug-likeness (QED) is 0.891. The van der Waals surface area contributed by atoms with Gasteiger partial charge in [-0.3, -0.25) is 4.90 Å². The van der Waals surface area contributed by atoms with Crippen LogP contribution in [0.25, 0.3) is 0 Å². The first-order valence-electron chi connectivity index (χ1n) is 6.99. The van der Waals surface area contributed by atoms with Gasteiger partial charge in [0.25, 0.3) is 0 Å². The number of halogens is 1. The molecule has 0 saturated carbocycles. The predicted octanol–water partition coefficient (Wildman–Crippen LogP) is 1.33. The van der Waals surface area contributed by atoms with E-state index in [1.165, 1.54) is 17.7 Å². The number of likely N-dealkylation sites (N-methyl/N-ethyl adjacent to an activating group) is 1. The fraction of sp³-hybridized carbons (Fsp3) is 0.600. The molecule has 1 fully saturated rings. The van der Waals surface area contributed by atoms with Crippen LogP contribution in [0.5, 0.6) is 0 Å². The summed E-state index contributed by atoms with van der Waals surface area (Å²) in [7, 11) is 2.14. The van der Waals surface area contributed by atoms with Gasteiger partial charge in [0.05, 0.1) is 0 Å². The van der Waals surface area contributed by atoms with Crippen LogP contribution in [0, 0.1) is 5.82 Å². The summed E-state index contributed by atoms with van der Waals surface area (Å²) in [5, 5.41) is 0. The molecule has 1 aliphatic rings. The molecule has 2 rings (SSSR count). The Morgan fingerprint density at radius 2 is 2.00 bits per heavy atom. The summed E-state index contributed by atoms with van der Waals surface area (Å²) < 4.78 is 12.9. The van der Waals surface area contributed by atoms with Gasteiger partial charge in [0.15, 0.2) is 0 Å². The van der Waals surface area contributed by atoms with Crippen LogP contribution in [0.3, 0.4) is 0 Å². The van der Waals surface area contributed by atoms with E-state index in [1.807, 2.05) is 12.1 Å². The molecule has 0 spiro atoms. The van der Waals surface area contributed by atoms with Gasteiger partial charge in [-0.2, -0.15) is 0 Å². The van der Waals surface area contributed by atoms with Crippen LogP contribution in [0.4, 0.5) is 4.39 Å². The molecule has 1 aromatic rings. The van der Waals surface area contributed by atoms with Gasteiger partial charge < -0.3 is 10.6 Å². The van der Waals surface area contributed by atoms with Gasteiger partial charge in [-0.25, -0.2) is 4.39 Å². The lowest BCUT2D eigenvalue weighted by atomic mass is 10.0. The second-order valence-electron chi connectivity index (χ2n) is 5.57. The maximum atomic E-state index is 12.9. The summed E-state index contributed by atoms with van der Waals surface area (Å²) in [6.07, 6.45) is 0.945. The molecule has 1 heterocycles. The number of hydrogen-bond donors (Lipinski definition) is 1. The zero-order valence-electron chi connectivity index (χ0n) is 11.8. The van der Waals surface area contributed by atoms with Crippen LogP contribution in [-0.2, 0) is 6.42 Å². The normalized spacial score (nSPS) is 23.5. The topological polar surface area (TPSA) is 32.5 Å². The first kappa shape index (κ1) is 14.4. The fourth-order valence-electron chi connectivity index (χ4n) is 2.89. The molecule has 2 unspecified atom stereocenters. The number of rotatable bonds is 4. The van der Waals surface area contributed by atoms with Crippen molar-refractivity contribution in [3.8, 4) is 0 Å². The Balaban J connectivity index is 1.98. The van der Waals surface area contributed by atoms with E-state index in [0.29, 0.717) is 18.6 Å². The highest BCUT2D eigenvalue weighted by molar-refractivity contribution is 5.17. The average molecular weight is 265 g/mol. The van der Waals surface area contributed by atoms with Crippen molar-refractivity contribution < 1.29 is 4.39 Å². The van der Waals surface area contributed by atoms with Gasteiger partial charge >= 0.3 is 0 Å². The highest BCUT2D eigenvalue weighted by Gasteiger charge is 2.27. The minimum atomic E-state index is -0.171. The minimum Gasteiger partial charge on any atom is -0.329 e. The van der Waals surface area contributed by atoms with E-state index in [-0.39, 0.29) is 5.82 Å². The molecule has 2 atom stereocenters. The number of hydrogen-bond acceptors (Lipinski definition) is 3. The van der Waals surface area contributed by atoms with Crippen molar-refractivity contribution in [2.24, 2.45) is 5.73 Å². The Morgan fingerprint density at radius 3 is 2.63 bits per heavy atom. The molecule has 1 aromatic carbocycles. The number of nitrogens with zero attached hydrogens (tertiary/aromatic N) is 2. The summed E-state index contributed by atoms with van der Waals surface area (Å²) in [5.74, 6) is -0.171. The van der Waals surface area contributed by atoms with Crippen LogP contribution in [0.15, 0.2) is 24.3 Å². The SMILES string of the molecule is CC(Cc1ccc(F)cc1)N1CCN(C)CC1CN. The summed E-state index contributed by atoms with van der Waals surface area (Å²) in [6.45, 7) is 6.10. The lowest BCUT2D eigenvalue weighted by Gasteiger charge is -2.43. The number of piperazine rings is 1. The summed E-state index contributed by atoms with van der Waals surface area (Å²) in [4.78, 5) is 4.82. The van der Waals surface area contributed by atoms with Crippen LogP contribution in [0.1, 0.15) is 12.5 Å². The molecule has 1 aliphatic heterocycles. The van der Waals surface area contributed by atoms with Crippen LogP contribution in [-0.4, -0.2) is 55.1 Å². The standard InChI is InChI=1S/C15H24FN3/c1-12(9-13-3-5-14(16)6-4-13)19-8-7-18(2)11-15(19)10-17/h3-6,12,15H,7-11,17H2,1-2H3. The molecule has 3 nitrogen and oxygen atoms in total. The molecule has 19 heavy (non-hydrogen) atoms. The molecule has 0 aliphatic carbocycles.